The number of carbonyl (C=O) groups excluding carboxylic acids is 1. The molecule has 0 saturated carbocycles. The smallest absolute Gasteiger partial charge is 0.327 e. The van der Waals surface area contributed by atoms with Crippen molar-refractivity contribution in [2.75, 3.05) is 33.8 Å². The van der Waals surface area contributed by atoms with E-state index in [9.17, 15) is 18.7 Å². The quantitative estimate of drug-likeness (QED) is 0.248. The van der Waals surface area contributed by atoms with Gasteiger partial charge in [0.1, 0.15) is 35.6 Å². The van der Waals surface area contributed by atoms with Crippen LogP contribution >= 0.6 is 0 Å². The van der Waals surface area contributed by atoms with E-state index >= 15 is 4.39 Å². The van der Waals surface area contributed by atoms with Gasteiger partial charge in [0.2, 0.25) is 0 Å². The first-order valence-corrected chi connectivity index (χ1v) is 14.8. The Hall–Kier alpha value is -5.15. The molecule has 5 aromatic rings. The lowest BCUT2D eigenvalue weighted by Gasteiger charge is -2.30. The average molecular weight is 627 g/mol. The summed E-state index contributed by atoms with van der Waals surface area (Å²) in [5, 5.41) is 11.3. The molecule has 2 aliphatic heterocycles. The van der Waals surface area contributed by atoms with E-state index in [0.717, 1.165) is 19.4 Å². The molecule has 0 spiro atoms. The molecule has 12 heteroatoms. The lowest BCUT2D eigenvalue weighted by Crippen LogP contribution is -2.43. The van der Waals surface area contributed by atoms with Gasteiger partial charge in [0.05, 0.1) is 16.8 Å². The number of pyridine rings is 1. The summed E-state index contributed by atoms with van der Waals surface area (Å²) in [6.07, 6.45) is 11.2. The van der Waals surface area contributed by atoms with E-state index in [1.807, 2.05) is 0 Å². The lowest BCUT2D eigenvalue weighted by atomic mass is 9.95. The van der Waals surface area contributed by atoms with Gasteiger partial charge >= 0.3 is 12.0 Å². The molecule has 234 valence electrons. The number of ether oxygens (including phenoxy) is 1. The monoisotopic (exact) mass is 626 g/mol. The highest BCUT2D eigenvalue weighted by Crippen LogP contribution is 2.41. The molecule has 2 saturated heterocycles. The van der Waals surface area contributed by atoms with Crippen molar-refractivity contribution in [1.82, 2.24) is 29.3 Å². The second-order valence-corrected chi connectivity index (χ2v) is 12.0. The van der Waals surface area contributed by atoms with Crippen LogP contribution in [0.1, 0.15) is 24.8 Å². The number of hydrogen-bond donors (Lipinski definition) is 1. The highest BCUT2D eigenvalue weighted by Gasteiger charge is 2.49. The number of amides is 1. The van der Waals surface area contributed by atoms with Gasteiger partial charge in [0, 0.05) is 67.6 Å². The second kappa shape index (κ2) is 11.0. The van der Waals surface area contributed by atoms with Gasteiger partial charge < -0.3 is 14.7 Å². The number of halogens is 3. The second-order valence-electron chi connectivity index (χ2n) is 12.0. The Bertz CT molecular complexity index is 2090. The fourth-order valence-electron chi connectivity index (χ4n) is 6.80. The Morgan fingerprint density at radius 1 is 1.22 bits per heavy atom. The van der Waals surface area contributed by atoms with Gasteiger partial charge in [-0.05, 0) is 49.0 Å². The maximum Gasteiger partial charge on any atom is 0.327 e. The summed E-state index contributed by atoms with van der Waals surface area (Å²) in [7, 11) is 3.24. The summed E-state index contributed by atoms with van der Waals surface area (Å²) in [6, 6.07) is 6.52. The maximum absolute atomic E-state index is 16.7. The molecule has 5 heterocycles. The molecule has 46 heavy (non-hydrogen) atoms. The van der Waals surface area contributed by atoms with Crippen LogP contribution in [0.25, 0.3) is 44.2 Å². The van der Waals surface area contributed by atoms with Crippen molar-refractivity contribution in [2.24, 2.45) is 0 Å². The van der Waals surface area contributed by atoms with Gasteiger partial charge in [0.25, 0.3) is 0 Å². The first-order valence-electron chi connectivity index (χ1n) is 14.8. The number of nitrogens with zero attached hydrogens (tertiary/aromatic N) is 6. The van der Waals surface area contributed by atoms with E-state index < -0.39 is 23.3 Å². The van der Waals surface area contributed by atoms with Gasteiger partial charge in [-0.3, -0.25) is 14.5 Å². The summed E-state index contributed by atoms with van der Waals surface area (Å²) in [4.78, 5) is 29.6. The number of fused-ring (bicyclic) bond motifs is 3. The van der Waals surface area contributed by atoms with Crippen molar-refractivity contribution in [1.29, 1.82) is 0 Å². The molecule has 9 nitrogen and oxygen atoms in total. The van der Waals surface area contributed by atoms with Crippen LogP contribution in [0.2, 0.25) is 0 Å². The summed E-state index contributed by atoms with van der Waals surface area (Å²) in [5.74, 6) is 0.584. The Morgan fingerprint density at radius 2 is 2.04 bits per heavy atom. The van der Waals surface area contributed by atoms with E-state index in [4.69, 9.17) is 11.2 Å². The highest BCUT2D eigenvalue weighted by atomic mass is 19.1. The molecule has 2 aromatic carbocycles. The molecule has 2 atom stereocenters. The normalized spacial score (nSPS) is 19.4. The van der Waals surface area contributed by atoms with Gasteiger partial charge in [-0.1, -0.05) is 12.0 Å². The van der Waals surface area contributed by atoms with Crippen molar-refractivity contribution in [3.05, 3.63) is 66.1 Å². The molecule has 0 bridgehead atoms. The highest BCUT2D eigenvalue weighted by molar-refractivity contribution is 6.03. The van der Waals surface area contributed by atoms with E-state index in [2.05, 4.69) is 25.8 Å². The Balaban J connectivity index is 1.41. The zero-order chi connectivity index (χ0) is 32.3. The molecule has 0 unspecified atom stereocenters. The molecule has 2 fully saturated rings. The van der Waals surface area contributed by atoms with Crippen molar-refractivity contribution in [3.8, 4) is 46.6 Å². The summed E-state index contributed by atoms with van der Waals surface area (Å²) >= 11 is 0. The van der Waals surface area contributed by atoms with Crippen LogP contribution < -0.4 is 4.74 Å². The van der Waals surface area contributed by atoms with Gasteiger partial charge in [-0.15, -0.1) is 6.42 Å². The number of aromatic nitrogens is 4. The van der Waals surface area contributed by atoms with Gasteiger partial charge in [0.15, 0.2) is 5.82 Å². The third-order valence-corrected chi connectivity index (χ3v) is 8.92. The van der Waals surface area contributed by atoms with Crippen LogP contribution in [-0.4, -0.2) is 86.0 Å². The number of aromatic hydroxyl groups is 1. The number of hydrogen-bond acceptors (Lipinski definition) is 7. The number of carbonyl (C=O) groups is 1. The zero-order valence-corrected chi connectivity index (χ0v) is 25.1. The third kappa shape index (κ3) is 4.79. The third-order valence-electron chi connectivity index (χ3n) is 8.92. The van der Waals surface area contributed by atoms with E-state index in [1.165, 1.54) is 39.9 Å². The van der Waals surface area contributed by atoms with E-state index in [1.54, 1.807) is 32.6 Å². The zero-order valence-electron chi connectivity index (χ0n) is 25.1. The minimum Gasteiger partial charge on any atom is -0.508 e. The van der Waals surface area contributed by atoms with Gasteiger partial charge in [-0.25, -0.2) is 18.0 Å². The topological polar surface area (TPSA) is 96.6 Å². The predicted octanol–water partition coefficient (Wildman–Crippen LogP) is 5.76. The van der Waals surface area contributed by atoms with Crippen molar-refractivity contribution >= 4 is 27.7 Å². The largest absolute Gasteiger partial charge is 0.508 e. The maximum atomic E-state index is 16.7. The summed E-state index contributed by atoms with van der Waals surface area (Å²) in [5.41, 5.74) is -0.159. The van der Waals surface area contributed by atoms with Crippen molar-refractivity contribution < 1.29 is 27.8 Å². The van der Waals surface area contributed by atoms with Gasteiger partial charge in [-0.2, -0.15) is 9.97 Å². The Morgan fingerprint density at radius 3 is 2.83 bits per heavy atom. The standard InChI is InChI=1S/C34H29F3N6O3/c1-4-23-26(36)7-6-19-12-22(44)13-24(27(19)23)30-28(37)31-25(15-38-30)29(20-8-11-42(16-20)33(45)41(2)3)39-32(40-31)46-18-34-9-5-10-43(34)17-21(35)14-34/h1,6-8,11-13,15-16,21,44H,5,9-10,14,17-18H2,2-3H3/t21-,34+/m1/s1. The van der Waals surface area contributed by atoms with Crippen LogP contribution in [-0.2, 0) is 0 Å². The molecule has 0 aliphatic carbocycles. The van der Waals surface area contributed by atoms with Crippen LogP contribution in [0.5, 0.6) is 11.8 Å². The fourth-order valence-corrected chi connectivity index (χ4v) is 6.80. The summed E-state index contributed by atoms with van der Waals surface area (Å²) in [6.45, 7) is 1.21. The number of alkyl halides is 1. The first kappa shape index (κ1) is 29.6. The van der Waals surface area contributed by atoms with Crippen molar-refractivity contribution in [2.45, 2.75) is 31.0 Å². The van der Waals surface area contributed by atoms with Crippen LogP contribution in [0.4, 0.5) is 18.0 Å². The molecular weight excluding hydrogens is 597 g/mol. The number of phenols is 1. The molecule has 2 aliphatic rings. The minimum atomic E-state index is -0.966. The van der Waals surface area contributed by atoms with Crippen LogP contribution in [0.3, 0.4) is 0 Å². The average Bonchev–Trinajstić information content (AvgIpc) is 3.74. The first-order chi connectivity index (χ1) is 22.1. The Kier molecular flexibility index (Phi) is 7.09. The van der Waals surface area contributed by atoms with Crippen LogP contribution in [0, 0.1) is 24.0 Å². The molecular formula is C34H29F3N6O3. The molecule has 1 amide bonds. The number of phenolic OH excluding ortho intramolecular Hbond substituents is 1. The molecule has 7 rings (SSSR count). The predicted molar refractivity (Wildman–Crippen MR) is 166 cm³/mol. The number of terminal acetylenes is 1. The molecule has 3 aromatic heterocycles. The Labute approximate surface area is 262 Å². The minimum absolute atomic E-state index is 0.0765. The molecule has 1 N–H and O–H groups in total. The SMILES string of the molecule is C#Cc1c(F)ccc2cc(O)cc(-c3ncc4c(-c5ccn(C(=O)N(C)C)c5)nc(OC[C@@]56CCCN5C[C@H](F)C6)nc4c3F)c12. The number of benzene rings is 2. The molecule has 0 radical (unpaired) electrons. The summed E-state index contributed by atoms with van der Waals surface area (Å²) < 4.78 is 53.4. The fraction of sp³-hybridized carbons (Fsp3) is 0.294. The van der Waals surface area contributed by atoms with Crippen molar-refractivity contribution in [3.63, 3.8) is 0 Å². The van der Waals surface area contributed by atoms with E-state index in [0.29, 0.717) is 23.9 Å². The van der Waals surface area contributed by atoms with E-state index in [-0.39, 0.29) is 63.2 Å². The van der Waals surface area contributed by atoms with Crippen LogP contribution in [0.15, 0.2) is 48.9 Å². The number of rotatable bonds is 5. The lowest BCUT2D eigenvalue weighted by molar-refractivity contribution is 0.107.